The number of ether oxygens (including phenoxy) is 1. The molecule has 0 bridgehead atoms. The van der Waals surface area contributed by atoms with Gasteiger partial charge in [-0.3, -0.25) is 9.59 Å². The summed E-state index contributed by atoms with van der Waals surface area (Å²) in [6, 6.07) is 11.8. The van der Waals surface area contributed by atoms with Crippen molar-refractivity contribution in [3.63, 3.8) is 0 Å². The molecule has 28 heavy (non-hydrogen) atoms. The Morgan fingerprint density at radius 1 is 1.25 bits per heavy atom. The third kappa shape index (κ3) is 3.48. The van der Waals surface area contributed by atoms with Crippen molar-refractivity contribution in [1.82, 2.24) is 14.7 Å². The SMILES string of the molecule is COc1ccc(C(=O)N2CCCC2C(=O)Nc2cccc(-n3cccn3)c2)o1. The van der Waals surface area contributed by atoms with Crippen LogP contribution in [0.1, 0.15) is 23.4 Å². The average Bonchev–Trinajstić information content (AvgIpc) is 3.49. The van der Waals surface area contributed by atoms with E-state index in [0.717, 1.165) is 12.1 Å². The first-order chi connectivity index (χ1) is 13.7. The molecule has 0 saturated carbocycles. The van der Waals surface area contributed by atoms with Crippen LogP contribution in [0.2, 0.25) is 0 Å². The minimum absolute atomic E-state index is 0.164. The molecule has 3 heterocycles. The molecule has 1 atom stereocenters. The van der Waals surface area contributed by atoms with Crippen LogP contribution in [-0.2, 0) is 4.79 Å². The minimum atomic E-state index is -0.544. The quantitative estimate of drug-likeness (QED) is 0.735. The fourth-order valence-corrected chi connectivity index (χ4v) is 3.34. The van der Waals surface area contributed by atoms with Gasteiger partial charge in [0.25, 0.3) is 11.9 Å². The number of rotatable bonds is 5. The normalized spacial score (nSPS) is 16.2. The summed E-state index contributed by atoms with van der Waals surface area (Å²) in [5, 5.41) is 7.10. The Hall–Kier alpha value is -3.55. The van der Waals surface area contributed by atoms with Gasteiger partial charge < -0.3 is 19.4 Å². The molecule has 2 amide bonds. The van der Waals surface area contributed by atoms with Crippen molar-refractivity contribution in [2.24, 2.45) is 0 Å². The zero-order valence-electron chi connectivity index (χ0n) is 15.4. The maximum Gasteiger partial charge on any atom is 0.290 e. The molecule has 4 rings (SSSR count). The number of amides is 2. The number of nitrogens with one attached hydrogen (secondary N) is 1. The Labute approximate surface area is 161 Å². The second-order valence-corrected chi connectivity index (χ2v) is 6.47. The molecule has 0 aliphatic carbocycles. The maximum atomic E-state index is 12.8. The van der Waals surface area contributed by atoms with E-state index in [2.05, 4.69) is 10.4 Å². The van der Waals surface area contributed by atoms with Crippen molar-refractivity contribution in [2.45, 2.75) is 18.9 Å². The highest BCUT2D eigenvalue weighted by Crippen LogP contribution is 2.24. The van der Waals surface area contributed by atoms with E-state index in [1.54, 1.807) is 27.9 Å². The molecule has 1 N–H and O–H groups in total. The number of anilines is 1. The lowest BCUT2D eigenvalue weighted by Gasteiger charge is -2.23. The van der Waals surface area contributed by atoms with Gasteiger partial charge in [-0.05, 0) is 43.2 Å². The number of aromatic nitrogens is 2. The van der Waals surface area contributed by atoms with Crippen LogP contribution in [0.4, 0.5) is 5.69 Å². The number of likely N-dealkylation sites (tertiary alicyclic amines) is 1. The summed E-state index contributed by atoms with van der Waals surface area (Å²) in [7, 11) is 1.47. The van der Waals surface area contributed by atoms with Crippen molar-refractivity contribution < 1.29 is 18.7 Å². The molecule has 1 fully saturated rings. The van der Waals surface area contributed by atoms with E-state index in [0.29, 0.717) is 18.7 Å². The molecule has 0 spiro atoms. The zero-order valence-corrected chi connectivity index (χ0v) is 15.4. The topological polar surface area (TPSA) is 89.6 Å². The van der Waals surface area contributed by atoms with Gasteiger partial charge in [-0.1, -0.05) is 6.07 Å². The first kappa shape index (κ1) is 17.8. The largest absolute Gasteiger partial charge is 0.468 e. The van der Waals surface area contributed by atoms with Crippen molar-refractivity contribution in [1.29, 1.82) is 0 Å². The predicted octanol–water partition coefficient (Wildman–Crippen LogP) is 2.72. The Bertz CT molecular complexity index is 980. The van der Waals surface area contributed by atoms with Crippen LogP contribution >= 0.6 is 0 Å². The molecule has 2 aromatic heterocycles. The molecule has 0 radical (unpaired) electrons. The van der Waals surface area contributed by atoms with E-state index in [1.807, 2.05) is 36.5 Å². The Morgan fingerprint density at radius 3 is 2.89 bits per heavy atom. The Balaban J connectivity index is 1.48. The predicted molar refractivity (Wildman–Crippen MR) is 102 cm³/mol. The van der Waals surface area contributed by atoms with Gasteiger partial charge >= 0.3 is 0 Å². The van der Waals surface area contributed by atoms with E-state index in [9.17, 15) is 9.59 Å². The summed E-state index contributed by atoms with van der Waals surface area (Å²) in [4.78, 5) is 27.1. The summed E-state index contributed by atoms with van der Waals surface area (Å²) in [5.74, 6) is -0.107. The molecular formula is C20H20N4O4. The van der Waals surface area contributed by atoms with Crippen LogP contribution < -0.4 is 10.1 Å². The Kier molecular flexibility index (Phi) is 4.84. The van der Waals surface area contributed by atoms with Gasteiger partial charge in [-0.25, -0.2) is 4.68 Å². The Morgan fingerprint density at radius 2 is 2.14 bits per heavy atom. The number of carbonyl (C=O) groups is 2. The third-order valence-corrected chi connectivity index (χ3v) is 4.69. The number of hydrogen-bond acceptors (Lipinski definition) is 5. The fraction of sp³-hybridized carbons (Fsp3) is 0.250. The van der Waals surface area contributed by atoms with E-state index in [4.69, 9.17) is 9.15 Å². The summed E-state index contributed by atoms with van der Waals surface area (Å²) < 4.78 is 12.0. The minimum Gasteiger partial charge on any atom is -0.468 e. The number of hydrogen-bond donors (Lipinski definition) is 1. The van der Waals surface area contributed by atoms with Gasteiger partial charge in [-0.15, -0.1) is 0 Å². The first-order valence-corrected chi connectivity index (χ1v) is 9.01. The zero-order chi connectivity index (χ0) is 19.5. The summed E-state index contributed by atoms with van der Waals surface area (Å²) >= 11 is 0. The van der Waals surface area contributed by atoms with Crippen LogP contribution in [0, 0.1) is 0 Å². The fourth-order valence-electron chi connectivity index (χ4n) is 3.34. The molecule has 144 valence electrons. The first-order valence-electron chi connectivity index (χ1n) is 9.01. The van der Waals surface area contributed by atoms with Gasteiger partial charge in [0.1, 0.15) is 6.04 Å². The van der Waals surface area contributed by atoms with Gasteiger partial charge in [-0.2, -0.15) is 5.10 Å². The maximum absolute atomic E-state index is 12.8. The van der Waals surface area contributed by atoms with E-state index in [-0.39, 0.29) is 23.5 Å². The molecule has 1 aliphatic rings. The van der Waals surface area contributed by atoms with Crippen LogP contribution in [0.15, 0.2) is 59.3 Å². The standard InChI is InChI=1S/C20H20N4O4/c1-27-18-9-8-17(28-18)20(26)23-11-3-7-16(23)19(25)22-14-5-2-6-15(13-14)24-12-4-10-21-24/h2,4-6,8-10,12-13,16H,3,7,11H2,1H3,(H,22,25). The molecule has 1 saturated heterocycles. The number of benzene rings is 1. The molecule has 8 nitrogen and oxygen atoms in total. The molecular weight excluding hydrogens is 360 g/mol. The molecule has 1 aliphatic heterocycles. The van der Waals surface area contributed by atoms with Gasteiger partial charge in [0.2, 0.25) is 5.91 Å². The summed E-state index contributed by atoms with van der Waals surface area (Å²) in [5.41, 5.74) is 1.49. The molecule has 3 aromatic rings. The van der Waals surface area contributed by atoms with Crippen LogP contribution in [0.25, 0.3) is 5.69 Å². The third-order valence-electron chi connectivity index (χ3n) is 4.69. The second-order valence-electron chi connectivity index (χ2n) is 6.47. The van der Waals surface area contributed by atoms with Gasteiger partial charge in [0.15, 0.2) is 5.76 Å². The van der Waals surface area contributed by atoms with Crippen LogP contribution in [0.3, 0.4) is 0 Å². The van der Waals surface area contributed by atoms with Crippen LogP contribution in [0.5, 0.6) is 5.95 Å². The van der Waals surface area contributed by atoms with E-state index < -0.39 is 6.04 Å². The lowest BCUT2D eigenvalue weighted by Crippen LogP contribution is -2.43. The molecule has 1 aromatic carbocycles. The monoisotopic (exact) mass is 380 g/mol. The second kappa shape index (κ2) is 7.59. The van der Waals surface area contributed by atoms with Gasteiger partial charge in [0, 0.05) is 30.7 Å². The van der Waals surface area contributed by atoms with Crippen LogP contribution in [-0.4, -0.2) is 46.2 Å². The van der Waals surface area contributed by atoms with Crippen molar-refractivity contribution in [3.8, 4) is 11.6 Å². The van der Waals surface area contributed by atoms with Crippen molar-refractivity contribution in [3.05, 3.63) is 60.6 Å². The van der Waals surface area contributed by atoms with E-state index in [1.165, 1.54) is 7.11 Å². The summed E-state index contributed by atoms with van der Waals surface area (Å²) in [6.07, 6.45) is 4.89. The van der Waals surface area contributed by atoms with Crippen molar-refractivity contribution >= 4 is 17.5 Å². The van der Waals surface area contributed by atoms with E-state index >= 15 is 0 Å². The lowest BCUT2D eigenvalue weighted by molar-refractivity contribution is -0.119. The number of nitrogens with zero attached hydrogens (tertiary/aromatic N) is 3. The van der Waals surface area contributed by atoms with Crippen molar-refractivity contribution in [2.75, 3.05) is 19.0 Å². The van der Waals surface area contributed by atoms with Gasteiger partial charge in [0.05, 0.1) is 12.8 Å². The smallest absolute Gasteiger partial charge is 0.290 e. The summed E-state index contributed by atoms with van der Waals surface area (Å²) in [6.45, 7) is 0.507. The molecule has 1 unspecified atom stereocenters. The highest BCUT2D eigenvalue weighted by Gasteiger charge is 2.35. The average molecular weight is 380 g/mol. The number of carbonyl (C=O) groups excluding carboxylic acids is 2. The highest BCUT2D eigenvalue weighted by molar-refractivity contribution is 6.00. The number of methoxy groups -OCH3 is 1. The lowest BCUT2D eigenvalue weighted by atomic mass is 10.2. The molecule has 8 heteroatoms. The highest BCUT2D eigenvalue weighted by atomic mass is 16.6. The number of furan rings is 1.